The van der Waals surface area contributed by atoms with Crippen LogP contribution in [0, 0.1) is 5.92 Å². The van der Waals surface area contributed by atoms with Gasteiger partial charge in [0, 0.05) is 11.8 Å². The van der Waals surface area contributed by atoms with Crippen molar-refractivity contribution < 1.29 is 0 Å². The number of benzene rings is 1. The number of halogens is 2. The molecule has 0 fully saturated rings. The van der Waals surface area contributed by atoms with E-state index in [4.69, 9.17) is 28.9 Å². The molecule has 2 N–H and O–H groups in total. The van der Waals surface area contributed by atoms with E-state index in [1.807, 2.05) is 23.9 Å². The summed E-state index contributed by atoms with van der Waals surface area (Å²) in [6.45, 7) is 4.41. The summed E-state index contributed by atoms with van der Waals surface area (Å²) in [5.74, 6) is 2.75. The van der Waals surface area contributed by atoms with E-state index in [0.29, 0.717) is 16.0 Å². The molecular weight excluding hydrogens is 261 g/mol. The van der Waals surface area contributed by atoms with Crippen molar-refractivity contribution in [1.29, 1.82) is 0 Å². The molecule has 0 spiro atoms. The molecule has 1 rings (SSSR count). The van der Waals surface area contributed by atoms with Crippen LogP contribution in [0.1, 0.15) is 25.5 Å². The second-order valence-corrected chi connectivity index (χ2v) is 6.10. The molecule has 0 aliphatic heterocycles. The van der Waals surface area contributed by atoms with Gasteiger partial charge in [0.15, 0.2) is 0 Å². The van der Waals surface area contributed by atoms with Crippen LogP contribution in [0.4, 0.5) is 0 Å². The van der Waals surface area contributed by atoms with E-state index in [1.165, 1.54) is 0 Å². The lowest BCUT2D eigenvalue weighted by Gasteiger charge is -2.13. The topological polar surface area (TPSA) is 26.0 Å². The van der Waals surface area contributed by atoms with Crippen LogP contribution in [0.15, 0.2) is 18.2 Å². The molecule has 4 heteroatoms. The highest BCUT2D eigenvalue weighted by Gasteiger charge is 2.08. The van der Waals surface area contributed by atoms with Crippen molar-refractivity contribution in [2.45, 2.75) is 19.9 Å². The first-order chi connectivity index (χ1) is 7.50. The fourth-order valence-electron chi connectivity index (χ4n) is 1.27. The van der Waals surface area contributed by atoms with Crippen molar-refractivity contribution in [3.8, 4) is 0 Å². The minimum atomic E-state index is 0.0264. The lowest BCUT2D eigenvalue weighted by molar-refractivity contribution is 0.746. The quantitative estimate of drug-likeness (QED) is 0.864. The molecule has 0 saturated carbocycles. The molecule has 1 atom stereocenters. The van der Waals surface area contributed by atoms with Crippen LogP contribution in [0.3, 0.4) is 0 Å². The SMILES string of the molecule is CC(C)CSCC(N)c1ccc(Cl)c(Cl)c1. The van der Waals surface area contributed by atoms with Crippen molar-refractivity contribution in [2.75, 3.05) is 11.5 Å². The molecule has 1 aromatic carbocycles. The maximum absolute atomic E-state index is 6.08. The van der Waals surface area contributed by atoms with E-state index in [0.717, 1.165) is 17.1 Å². The third-order valence-electron chi connectivity index (χ3n) is 2.12. The summed E-state index contributed by atoms with van der Waals surface area (Å²) in [5.41, 5.74) is 7.12. The van der Waals surface area contributed by atoms with Gasteiger partial charge in [-0.3, -0.25) is 0 Å². The number of hydrogen-bond acceptors (Lipinski definition) is 2. The van der Waals surface area contributed by atoms with Gasteiger partial charge in [0.2, 0.25) is 0 Å². The minimum absolute atomic E-state index is 0.0264. The molecule has 1 unspecified atom stereocenters. The molecule has 0 aromatic heterocycles. The summed E-state index contributed by atoms with van der Waals surface area (Å²) in [5, 5.41) is 1.15. The van der Waals surface area contributed by atoms with Crippen LogP contribution in [0.25, 0.3) is 0 Å². The van der Waals surface area contributed by atoms with Crippen molar-refractivity contribution in [3.63, 3.8) is 0 Å². The van der Waals surface area contributed by atoms with Crippen LogP contribution >= 0.6 is 35.0 Å². The lowest BCUT2D eigenvalue weighted by Crippen LogP contribution is -2.13. The van der Waals surface area contributed by atoms with Gasteiger partial charge in [-0.2, -0.15) is 11.8 Å². The fourth-order valence-corrected chi connectivity index (χ4v) is 2.63. The highest BCUT2D eigenvalue weighted by Crippen LogP contribution is 2.26. The van der Waals surface area contributed by atoms with Crippen molar-refractivity contribution in [3.05, 3.63) is 33.8 Å². The summed E-state index contributed by atoms with van der Waals surface area (Å²) in [7, 11) is 0. The molecule has 0 heterocycles. The number of rotatable bonds is 5. The first-order valence-electron chi connectivity index (χ1n) is 5.29. The van der Waals surface area contributed by atoms with E-state index in [1.54, 1.807) is 6.07 Å². The van der Waals surface area contributed by atoms with Crippen LogP contribution in [-0.4, -0.2) is 11.5 Å². The lowest BCUT2D eigenvalue weighted by atomic mass is 10.1. The van der Waals surface area contributed by atoms with Crippen LogP contribution in [-0.2, 0) is 0 Å². The highest BCUT2D eigenvalue weighted by molar-refractivity contribution is 7.99. The third kappa shape index (κ3) is 4.54. The van der Waals surface area contributed by atoms with E-state index >= 15 is 0 Å². The van der Waals surface area contributed by atoms with Crippen LogP contribution in [0.2, 0.25) is 10.0 Å². The Labute approximate surface area is 112 Å². The first-order valence-corrected chi connectivity index (χ1v) is 7.20. The molecule has 90 valence electrons. The van der Waals surface area contributed by atoms with Gasteiger partial charge < -0.3 is 5.73 Å². The standard InChI is InChI=1S/C12H17Cl2NS/c1-8(2)6-16-7-12(15)9-3-4-10(13)11(14)5-9/h3-5,8,12H,6-7,15H2,1-2H3. The third-order valence-corrected chi connectivity index (χ3v) is 4.36. The monoisotopic (exact) mass is 277 g/mol. The largest absolute Gasteiger partial charge is 0.323 e. The van der Waals surface area contributed by atoms with E-state index < -0.39 is 0 Å². The van der Waals surface area contributed by atoms with Gasteiger partial charge in [-0.1, -0.05) is 43.1 Å². The van der Waals surface area contributed by atoms with Gasteiger partial charge >= 0.3 is 0 Å². The van der Waals surface area contributed by atoms with Crippen LogP contribution < -0.4 is 5.73 Å². The molecule has 0 radical (unpaired) electrons. The predicted octanol–water partition coefficient (Wildman–Crippen LogP) is 4.38. The normalized spacial score (nSPS) is 13.1. The van der Waals surface area contributed by atoms with E-state index in [2.05, 4.69) is 13.8 Å². The van der Waals surface area contributed by atoms with Crippen LogP contribution in [0.5, 0.6) is 0 Å². The summed E-state index contributed by atoms with van der Waals surface area (Å²) >= 11 is 13.7. The van der Waals surface area contributed by atoms with Crippen molar-refractivity contribution in [2.24, 2.45) is 11.7 Å². The van der Waals surface area contributed by atoms with E-state index in [-0.39, 0.29) is 6.04 Å². The van der Waals surface area contributed by atoms with Crippen molar-refractivity contribution >= 4 is 35.0 Å². The summed E-state index contributed by atoms with van der Waals surface area (Å²) < 4.78 is 0. The number of thioether (sulfide) groups is 1. The molecule has 0 saturated heterocycles. The zero-order valence-electron chi connectivity index (χ0n) is 9.54. The van der Waals surface area contributed by atoms with E-state index in [9.17, 15) is 0 Å². The maximum Gasteiger partial charge on any atom is 0.0595 e. The Morgan fingerprint density at radius 2 is 1.88 bits per heavy atom. The molecule has 0 amide bonds. The first kappa shape index (κ1) is 14.2. The Hall–Kier alpha value is 0.110. The molecular formula is C12H17Cl2NS. The maximum atomic E-state index is 6.08. The second kappa shape index (κ2) is 6.75. The number of nitrogens with two attached hydrogens (primary N) is 1. The highest BCUT2D eigenvalue weighted by atomic mass is 35.5. The Balaban J connectivity index is 2.52. The Morgan fingerprint density at radius 3 is 2.44 bits per heavy atom. The number of hydrogen-bond donors (Lipinski definition) is 1. The Morgan fingerprint density at radius 1 is 1.19 bits per heavy atom. The zero-order chi connectivity index (χ0) is 12.1. The van der Waals surface area contributed by atoms with Gasteiger partial charge in [0.05, 0.1) is 10.0 Å². The summed E-state index contributed by atoms with van der Waals surface area (Å²) in [6.07, 6.45) is 0. The second-order valence-electron chi connectivity index (χ2n) is 4.21. The van der Waals surface area contributed by atoms with Crippen molar-refractivity contribution in [1.82, 2.24) is 0 Å². The molecule has 0 aliphatic rings. The fraction of sp³-hybridized carbons (Fsp3) is 0.500. The van der Waals surface area contributed by atoms with Gasteiger partial charge in [0.1, 0.15) is 0 Å². The van der Waals surface area contributed by atoms with Gasteiger partial charge in [0.25, 0.3) is 0 Å². The summed E-state index contributed by atoms with van der Waals surface area (Å²) in [6, 6.07) is 5.62. The minimum Gasteiger partial charge on any atom is -0.323 e. The molecule has 1 nitrogen and oxygen atoms in total. The van der Waals surface area contributed by atoms with Gasteiger partial charge in [-0.15, -0.1) is 0 Å². The molecule has 0 aliphatic carbocycles. The molecule has 0 bridgehead atoms. The Bertz CT molecular complexity index is 342. The van der Waals surface area contributed by atoms with Gasteiger partial charge in [-0.05, 0) is 29.4 Å². The Kier molecular flexibility index (Phi) is 5.98. The molecule has 16 heavy (non-hydrogen) atoms. The predicted molar refractivity (Wildman–Crippen MR) is 75.6 cm³/mol. The summed E-state index contributed by atoms with van der Waals surface area (Å²) in [4.78, 5) is 0. The average Bonchev–Trinajstić information content (AvgIpc) is 2.21. The zero-order valence-corrected chi connectivity index (χ0v) is 11.9. The average molecular weight is 278 g/mol. The van der Waals surface area contributed by atoms with Gasteiger partial charge in [-0.25, -0.2) is 0 Å². The molecule has 1 aromatic rings. The smallest absolute Gasteiger partial charge is 0.0595 e.